The van der Waals surface area contributed by atoms with Crippen molar-refractivity contribution in [2.75, 3.05) is 4.90 Å². The molecule has 3 nitrogen and oxygen atoms in total. The van der Waals surface area contributed by atoms with E-state index in [9.17, 15) is 0 Å². The first-order valence-electron chi connectivity index (χ1n) is 17.6. The molecule has 0 N–H and O–H groups in total. The van der Waals surface area contributed by atoms with Gasteiger partial charge in [-0.3, -0.25) is 0 Å². The fraction of sp³-hybridized carbons (Fsp3) is 0. The molecule has 2 heterocycles. The van der Waals surface area contributed by atoms with Crippen molar-refractivity contribution >= 4 is 60.7 Å². The highest BCUT2D eigenvalue weighted by Gasteiger charge is 2.18. The Morgan fingerprint density at radius 2 is 0.885 bits per heavy atom. The Balaban J connectivity index is 1.14. The van der Waals surface area contributed by atoms with Gasteiger partial charge in [0.2, 0.25) is 0 Å². The number of aromatic nitrogens is 1. The van der Waals surface area contributed by atoms with Gasteiger partial charge in [0.15, 0.2) is 0 Å². The molecule has 52 heavy (non-hydrogen) atoms. The van der Waals surface area contributed by atoms with Gasteiger partial charge in [-0.25, -0.2) is 4.98 Å². The van der Waals surface area contributed by atoms with Crippen LogP contribution in [0.3, 0.4) is 0 Å². The number of fused-ring (bicyclic) bond motifs is 6. The van der Waals surface area contributed by atoms with E-state index < -0.39 is 0 Å². The molecule has 0 amide bonds. The van der Waals surface area contributed by atoms with E-state index in [0.717, 1.165) is 71.9 Å². The molecule has 8 aromatic carbocycles. The van der Waals surface area contributed by atoms with E-state index in [4.69, 9.17) is 9.40 Å². The summed E-state index contributed by atoms with van der Waals surface area (Å²) >= 11 is 0. The highest BCUT2D eigenvalue weighted by molar-refractivity contribution is 6.18. The second-order valence-electron chi connectivity index (χ2n) is 13.2. The van der Waals surface area contributed by atoms with E-state index in [1.54, 1.807) is 0 Å². The second-order valence-corrected chi connectivity index (χ2v) is 13.2. The van der Waals surface area contributed by atoms with Gasteiger partial charge >= 0.3 is 0 Å². The lowest BCUT2D eigenvalue weighted by Gasteiger charge is -2.26. The fourth-order valence-corrected chi connectivity index (χ4v) is 7.50. The Labute approximate surface area is 301 Å². The number of benzene rings is 8. The Kier molecular flexibility index (Phi) is 7.14. The number of rotatable bonds is 6. The Morgan fingerprint density at radius 1 is 0.327 bits per heavy atom. The van der Waals surface area contributed by atoms with E-state index in [1.807, 2.05) is 12.1 Å². The van der Waals surface area contributed by atoms with Gasteiger partial charge in [-0.2, -0.15) is 0 Å². The van der Waals surface area contributed by atoms with E-state index in [2.05, 4.69) is 187 Å². The second kappa shape index (κ2) is 12.4. The van der Waals surface area contributed by atoms with Gasteiger partial charge in [0.05, 0.1) is 11.2 Å². The smallest absolute Gasteiger partial charge is 0.136 e. The van der Waals surface area contributed by atoms with Gasteiger partial charge in [0.25, 0.3) is 0 Å². The van der Waals surface area contributed by atoms with Crippen LogP contribution in [0.5, 0.6) is 0 Å². The summed E-state index contributed by atoms with van der Waals surface area (Å²) in [5.74, 6) is 0. The largest absolute Gasteiger partial charge is 0.456 e. The topological polar surface area (TPSA) is 29.3 Å². The maximum Gasteiger partial charge on any atom is 0.136 e. The molecule has 244 valence electrons. The third kappa shape index (κ3) is 5.19. The minimum atomic E-state index is 0.863. The molecule has 3 heteroatoms. The summed E-state index contributed by atoms with van der Waals surface area (Å²) in [7, 11) is 0. The molecule has 0 aliphatic carbocycles. The maximum atomic E-state index is 6.39. The van der Waals surface area contributed by atoms with Gasteiger partial charge in [0, 0.05) is 44.2 Å². The van der Waals surface area contributed by atoms with Crippen LogP contribution in [0.15, 0.2) is 199 Å². The summed E-state index contributed by atoms with van der Waals surface area (Å²) in [5.41, 5.74) is 12.6. The van der Waals surface area contributed by atoms with Gasteiger partial charge < -0.3 is 9.32 Å². The van der Waals surface area contributed by atoms with Gasteiger partial charge in [-0.15, -0.1) is 0 Å². The molecule has 0 bridgehead atoms. The number of nitrogens with zero attached hydrogens (tertiary/aromatic N) is 2. The van der Waals surface area contributed by atoms with Crippen LogP contribution in [-0.4, -0.2) is 4.98 Å². The molecule has 2 aromatic heterocycles. The number of hydrogen-bond donors (Lipinski definition) is 0. The number of furan rings is 1. The number of para-hydroxylation sites is 2. The number of hydrogen-bond acceptors (Lipinski definition) is 3. The van der Waals surface area contributed by atoms with Crippen LogP contribution >= 0.6 is 0 Å². The molecule has 0 fully saturated rings. The zero-order valence-corrected chi connectivity index (χ0v) is 28.3. The normalized spacial score (nSPS) is 11.5. The van der Waals surface area contributed by atoms with Crippen molar-refractivity contribution < 1.29 is 4.42 Å². The Morgan fingerprint density at radius 3 is 1.56 bits per heavy atom. The van der Waals surface area contributed by atoms with Gasteiger partial charge in [0.1, 0.15) is 11.2 Å². The van der Waals surface area contributed by atoms with Crippen LogP contribution in [0.25, 0.3) is 77.1 Å². The van der Waals surface area contributed by atoms with Gasteiger partial charge in [-0.05, 0) is 88.3 Å². The monoisotopic (exact) mass is 664 g/mol. The number of pyridine rings is 1. The van der Waals surface area contributed by atoms with E-state index >= 15 is 0 Å². The molecule has 0 spiro atoms. The third-order valence-electron chi connectivity index (χ3n) is 10.0. The molecule has 0 aliphatic heterocycles. The molecule has 0 saturated carbocycles. The Hall–Kier alpha value is -6.97. The standard InChI is InChI=1S/C49H32N2O/c1-3-12-33(13-4-1)35-22-26-38(27-23-35)51(39-28-24-36(25-29-39)34-14-5-2-6-15-34)40-17-11-16-37(30-40)49-45-32-48-44(42-19-8-10-21-47(42)52-48)31-43(45)41-18-7-9-20-46(41)50-49/h1-32H. The average molecular weight is 665 g/mol. The van der Waals surface area contributed by atoms with Crippen LogP contribution in [0.1, 0.15) is 0 Å². The summed E-state index contributed by atoms with van der Waals surface area (Å²) in [6.45, 7) is 0. The van der Waals surface area contributed by atoms with Crippen molar-refractivity contribution in [3.05, 3.63) is 194 Å². The highest BCUT2D eigenvalue weighted by Crippen LogP contribution is 2.42. The number of anilines is 3. The molecule has 10 rings (SSSR count). The van der Waals surface area contributed by atoms with Crippen LogP contribution in [0.2, 0.25) is 0 Å². The first-order chi connectivity index (χ1) is 25.8. The van der Waals surface area contributed by atoms with E-state index in [0.29, 0.717) is 0 Å². The van der Waals surface area contributed by atoms with Crippen molar-refractivity contribution in [3.63, 3.8) is 0 Å². The van der Waals surface area contributed by atoms with Crippen LogP contribution in [0, 0.1) is 0 Å². The summed E-state index contributed by atoms with van der Waals surface area (Å²) in [6.07, 6.45) is 0. The lowest BCUT2D eigenvalue weighted by molar-refractivity contribution is 0.669. The summed E-state index contributed by atoms with van der Waals surface area (Å²) < 4.78 is 6.39. The molecular formula is C49H32N2O. The van der Waals surface area contributed by atoms with Crippen molar-refractivity contribution in [1.29, 1.82) is 0 Å². The quantitative estimate of drug-likeness (QED) is 0.166. The third-order valence-corrected chi connectivity index (χ3v) is 10.0. The predicted octanol–water partition coefficient (Wildman–Crippen LogP) is 13.8. The van der Waals surface area contributed by atoms with E-state index in [-0.39, 0.29) is 0 Å². The SMILES string of the molecule is c1ccc(-c2ccc(N(c3ccc(-c4ccccc4)cc3)c3cccc(-c4nc5ccccc5c5cc6c(cc45)oc4ccccc46)c3)cc2)cc1. The summed E-state index contributed by atoms with van der Waals surface area (Å²) in [6, 6.07) is 68.6. The molecular weight excluding hydrogens is 633 g/mol. The van der Waals surface area contributed by atoms with Gasteiger partial charge in [-0.1, -0.05) is 133 Å². The lowest BCUT2D eigenvalue weighted by Crippen LogP contribution is -2.10. The zero-order chi connectivity index (χ0) is 34.4. The highest BCUT2D eigenvalue weighted by atomic mass is 16.3. The molecule has 0 atom stereocenters. The predicted molar refractivity (Wildman–Crippen MR) is 218 cm³/mol. The van der Waals surface area contributed by atoms with Crippen LogP contribution in [0.4, 0.5) is 17.1 Å². The van der Waals surface area contributed by atoms with Crippen molar-refractivity contribution in [2.24, 2.45) is 0 Å². The molecule has 0 unspecified atom stereocenters. The fourth-order valence-electron chi connectivity index (χ4n) is 7.50. The Bertz CT molecular complexity index is 2790. The maximum absolute atomic E-state index is 6.39. The van der Waals surface area contributed by atoms with E-state index in [1.165, 1.54) is 22.3 Å². The molecule has 0 aliphatic rings. The first kappa shape index (κ1) is 29.9. The van der Waals surface area contributed by atoms with Crippen LogP contribution in [-0.2, 0) is 0 Å². The van der Waals surface area contributed by atoms with Crippen LogP contribution < -0.4 is 4.90 Å². The molecule has 0 saturated heterocycles. The summed E-state index contributed by atoms with van der Waals surface area (Å²) in [4.78, 5) is 7.64. The molecule has 10 aromatic rings. The average Bonchev–Trinajstić information content (AvgIpc) is 3.59. The minimum absolute atomic E-state index is 0.863. The molecule has 0 radical (unpaired) electrons. The lowest BCUT2D eigenvalue weighted by atomic mass is 9.97. The minimum Gasteiger partial charge on any atom is -0.456 e. The summed E-state index contributed by atoms with van der Waals surface area (Å²) in [5, 5.41) is 5.59. The zero-order valence-electron chi connectivity index (χ0n) is 28.3. The van der Waals surface area contributed by atoms with Crippen molar-refractivity contribution in [1.82, 2.24) is 4.98 Å². The van der Waals surface area contributed by atoms with Crippen molar-refractivity contribution in [3.8, 4) is 33.5 Å². The van der Waals surface area contributed by atoms with Crippen molar-refractivity contribution in [2.45, 2.75) is 0 Å². The first-order valence-corrected chi connectivity index (χ1v) is 17.6.